The topological polar surface area (TPSA) is 63.5 Å². The Labute approximate surface area is 151 Å². The maximum Gasteiger partial charge on any atom is 0.240 e. The summed E-state index contributed by atoms with van der Waals surface area (Å²) in [5.41, 5.74) is 1.59. The van der Waals surface area contributed by atoms with Gasteiger partial charge in [0.05, 0.1) is 36.8 Å². The van der Waals surface area contributed by atoms with Crippen molar-refractivity contribution in [2.24, 2.45) is 0 Å². The highest BCUT2D eigenvalue weighted by atomic mass is 19.1. The number of nitrogens with zero attached hydrogens (tertiary/aromatic N) is 5. The van der Waals surface area contributed by atoms with Crippen LogP contribution in [0.3, 0.4) is 0 Å². The molecule has 2 fully saturated rings. The Balaban J connectivity index is 1.46. The number of rotatable bonds is 4. The molecule has 8 heteroatoms. The van der Waals surface area contributed by atoms with Gasteiger partial charge in [0.2, 0.25) is 5.91 Å². The Bertz CT molecular complexity index is 747. The van der Waals surface area contributed by atoms with Gasteiger partial charge in [0, 0.05) is 32.6 Å². The van der Waals surface area contributed by atoms with E-state index in [0.717, 1.165) is 11.4 Å². The van der Waals surface area contributed by atoms with Crippen LogP contribution in [0.15, 0.2) is 36.5 Å². The molecule has 0 bridgehead atoms. The van der Waals surface area contributed by atoms with Crippen molar-refractivity contribution in [2.45, 2.75) is 25.2 Å². The van der Waals surface area contributed by atoms with Gasteiger partial charge in [-0.1, -0.05) is 18.2 Å². The molecule has 2 saturated heterocycles. The number of hydrogen-bond donors (Lipinski definition) is 0. The minimum atomic E-state index is -0.992. The summed E-state index contributed by atoms with van der Waals surface area (Å²) < 4.78 is 19.3. The molecular formula is C18H22FN5O2. The van der Waals surface area contributed by atoms with E-state index in [1.54, 1.807) is 15.9 Å². The third-order valence-electron chi connectivity index (χ3n) is 4.85. The first kappa shape index (κ1) is 17.1. The standard InChI is InChI=1S/C18H22FN5O2/c19-14-10-17(18(25)22-6-8-26-9-7-22)23(12-14)13-15-11-20-24(21-15)16-4-2-1-3-5-16/h1-5,11,14,17H,6-10,12-13H2/t14-,17+/m1/s1. The highest BCUT2D eigenvalue weighted by Gasteiger charge is 2.39. The number of halogens is 1. The van der Waals surface area contributed by atoms with E-state index in [-0.39, 0.29) is 18.9 Å². The van der Waals surface area contributed by atoms with Gasteiger partial charge in [-0.2, -0.15) is 15.0 Å². The minimum absolute atomic E-state index is 0.0103. The average Bonchev–Trinajstić information content (AvgIpc) is 3.29. The summed E-state index contributed by atoms with van der Waals surface area (Å²) >= 11 is 0. The van der Waals surface area contributed by atoms with Crippen LogP contribution in [0.1, 0.15) is 12.1 Å². The Kier molecular flexibility index (Phi) is 4.94. The van der Waals surface area contributed by atoms with Crippen LogP contribution in [0, 0.1) is 0 Å². The predicted octanol–water partition coefficient (Wildman–Crippen LogP) is 1.04. The van der Waals surface area contributed by atoms with Gasteiger partial charge >= 0.3 is 0 Å². The normalized spacial score (nSPS) is 24.1. The molecule has 0 N–H and O–H groups in total. The monoisotopic (exact) mass is 359 g/mol. The van der Waals surface area contributed by atoms with Crippen molar-refractivity contribution >= 4 is 5.91 Å². The van der Waals surface area contributed by atoms with E-state index in [2.05, 4.69) is 10.2 Å². The Hall–Kier alpha value is -2.32. The molecule has 2 atom stereocenters. The van der Waals surface area contributed by atoms with Crippen molar-refractivity contribution in [2.75, 3.05) is 32.8 Å². The van der Waals surface area contributed by atoms with Crippen LogP contribution in [-0.4, -0.2) is 75.8 Å². The van der Waals surface area contributed by atoms with Crippen LogP contribution >= 0.6 is 0 Å². The van der Waals surface area contributed by atoms with Crippen molar-refractivity contribution in [3.8, 4) is 5.69 Å². The van der Waals surface area contributed by atoms with E-state index in [1.165, 1.54) is 0 Å². The van der Waals surface area contributed by atoms with Gasteiger partial charge in [0.15, 0.2) is 0 Å². The molecule has 0 spiro atoms. The molecule has 3 heterocycles. The molecule has 2 aliphatic heterocycles. The third-order valence-corrected chi connectivity index (χ3v) is 4.85. The zero-order valence-corrected chi connectivity index (χ0v) is 14.5. The molecule has 2 aliphatic rings. The van der Waals surface area contributed by atoms with E-state index < -0.39 is 12.2 Å². The maximum atomic E-state index is 14.0. The van der Waals surface area contributed by atoms with Gasteiger partial charge in [-0.05, 0) is 12.1 Å². The minimum Gasteiger partial charge on any atom is -0.378 e. The van der Waals surface area contributed by atoms with Gasteiger partial charge < -0.3 is 9.64 Å². The number of benzene rings is 1. The van der Waals surface area contributed by atoms with Crippen molar-refractivity contribution in [1.82, 2.24) is 24.8 Å². The summed E-state index contributed by atoms with van der Waals surface area (Å²) in [5, 5.41) is 8.75. The molecular weight excluding hydrogens is 337 g/mol. The number of amides is 1. The van der Waals surface area contributed by atoms with Gasteiger partial charge in [0.25, 0.3) is 0 Å². The first-order valence-electron chi connectivity index (χ1n) is 8.92. The van der Waals surface area contributed by atoms with Gasteiger partial charge in [0.1, 0.15) is 6.17 Å². The van der Waals surface area contributed by atoms with Crippen LogP contribution in [0.2, 0.25) is 0 Å². The van der Waals surface area contributed by atoms with E-state index in [9.17, 15) is 9.18 Å². The van der Waals surface area contributed by atoms with E-state index >= 15 is 0 Å². The molecule has 26 heavy (non-hydrogen) atoms. The second-order valence-electron chi connectivity index (χ2n) is 6.68. The molecule has 1 aromatic carbocycles. The molecule has 1 amide bonds. The Morgan fingerprint density at radius 2 is 2.00 bits per heavy atom. The van der Waals surface area contributed by atoms with Crippen LogP contribution in [0.5, 0.6) is 0 Å². The largest absolute Gasteiger partial charge is 0.378 e. The quantitative estimate of drug-likeness (QED) is 0.816. The van der Waals surface area contributed by atoms with Crippen LogP contribution < -0.4 is 0 Å². The van der Waals surface area contributed by atoms with Crippen molar-refractivity contribution in [1.29, 1.82) is 0 Å². The molecule has 0 saturated carbocycles. The van der Waals surface area contributed by atoms with Gasteiger partial charge in [-0.3, -0.25) is 9.69 Å². The first-order chi connectivity index (χ1) is 12.7. The zero-order valence-electron chi connectivity index (χ0n) is 14.5. The molecule has 7 nitrogen and oxygen atoms in total. The summed E-state index contributed by atoms with van der Waals surface area (Å²) in [5.74, 6) is -0.0103. The zero-order chi connectivity index (χ0) is 17.9. The van der Waals surface area contributed by atoms with Gasteiger partial charge in [-0.15, -0.1) is 0 Å². The number of alkyl halides is 1. The number of morpholine rings is 1. The lowest BCUT2D eigenvalue weighted by atomic mass is 10.1. The lowest BCUT2D eigenvalue weighted by Gasteiger charge is -2.32. The second kappa shape index (κ2) is 7.51. The SMILES string of the molecule is O=C([C@@H]1C[C@@H](F)CN1Cc1cnn(-c2ccccc2)n1)N1CCOCC1. The summed E-state index contributed by atoms with van der Waals surface area (Å²) in [4.78, 5) is 18.0. The fourth-order valence-corrected chi connectivity index (χ4v) is 3.53. The highest BCUT2D eigenvalue weighted by molar-refractivity contribution is 5.82. The first-order valence-corrected chi connectivity index (χ1v) is 8.92. The van der Waals surface area contributed by atoms with E-state index in [1.807, 2.05) is 35.2 Å². The van der Waals surface area contributed by atoms with E-state index in [0.29, 0.717) is 32.8 Å². The number of aromatic nitrogens is 3. The summed E-state index contributed by atoms with van der Waals surface area (Å²) in [6, 6.07) is 9.17. The number of ether oxygens (including phenoxy) is 1. The number of likely N-dealkylation sites (tertiary alicyclic amines) is 1. The summed E-state index contributed by atoms with van der Waals surface area (Å²) in [6.07, 6.45) is 0.923. The second-order valence-corrected chi connectivity index (χ2v) is 6.68. The molecule has 0 unspecified atom stereocenters. The molecule has 138 valence electrons. The molecule has 1 aromatic heterocycles. The number of carbonyl (C=O) groups excluding carboxylic acids is 1. The molecule has 0 radical (unpaired) electrons. The lowest BCUT2D eigenvalue weighted by molar-refractivity contribution is -0.140. The van der Waals surface area contributed by atoms with Crippen LogP contribution in [-0.2, 0) is 16.1 Å². The maximum absolute atomic E-state index is 14.0. The smallest absolute Gasteiger partial charge is 0.240 e. The van der Waals surface area contributed by atoms with E-state index in [4.69, 9.17) is 4.74 Å². The van der Waals surface area contributed by atoms with Crippen molar-refractivity contribution in [3.05, 3.63) is 42.2 Å². The number of hydrogen-bond acceptors (Lipinski definition) is 5. The number of carbonyl (C=O) groups is 1. The summed E-state index contributed by atoms with van der Waals surface area (Å²) in [6.45, 7) is 2.90. The Morgan fingerprint density at radius 3 is 2.77 bits per heavy atom. The molecule has 0 aliphatic carbocycles. The van der Waals surface area contributed by atoms with Crippen LogP contribution in [0.25, 0.3) is 5.69 Å². The Morgan fingerprint density at radius 1 is 1.23 bits per heavy atom. The van der Waals surface area contributed by atoms with Crippen LogP contribution in [0.4, 0.5) is 4.39 Å². The van der Waals surface area contributed by atoms with Crippen molar-refractivity contribution in [3.63, 3.8) is 0 Å². The fraction of sp³-hybridized carbons (Fsp3) is 0.500. The average molecular weight is 359 g/mol. The fourth-order valence-electron chi connectivity index (χ4n) is 3.53. The van der Waals surface area contributed by atoms with Gasteiger partial charge in [-0.25, -0.2) is 4.39 Å². The van der Waals surface area contributed by atoms with Crippen molar-refractivity contribution < 1.29 is 13.9 Å². The molecule has 2 aromatic rings. The number of para-hydroxylation sites is 1. The molecule has 4 rings (SSSR count). The highest BCUT2D eigenvalue weighted by Crippen LogP contribution is 2.24. The predicted molar refractivity (Wildman–Crippen MR) is 92.5 cm³/mol. The lowest BCUT2D eigenvalue weighted by Crippen LogP contribution is -2.49. The summed E-state index contributed by atoms with van der Waals surface area (Å²) in [7, 11) is 0. The third kappa shape index (κ3) is 3.61.